The van der Waals surface area contributed by atoms with Crippen molar-refractivity contribution in [1.82, 2.24) is 20.0 Å². The van der Waals surface area contributed by atoms with Gasteiger partial charge in [0.1, 0.15) is 17.3 Å². The van der Waals surface area contributed by atoms with E-state index < -0.39 is 0 Å². The first-order valence-electron chi connectivity index (χ1n) is 9.98. The molecule has 1 aromatic carbocycles. The first kappa shape index (κ1) is 20.2. The Morgan fingerprint density at radius 2 is 2.03 bits per heavy atom. The maximum Gasteiger partial charge on any atom is 0.267 e. The average Bonchev–Trinajstić information content (AvgIpc) is 3.24. The number of nitrogens with zero attached hydrogens (tertiary/aromatic N) is 4. The largest absolute Gasteiger partial charge is 0.497 e. The Balaban J connectivity index is 1.45. The molecule has 4 rings (SSSR count). The van der Waals surface area contributed by atoms with Crippen LogP contribution in [0.25, 0.3) is 11.3 Å². The van der Waals surface area contributed by atoms with Crippen LogP contribution in [0.5, 0.6) is 5.75 Å². The van der Waals surface area contributed by atoms with E-state index in [0.717, 1.165) is 28.1 Å². The highest BCUT2D eigenvalue weighted by Gasteiger charge is 2.20. The fraction of sp³-hybridized carbons (Fsp3) is 0.381. The maximum absolute atomic E-state index is 12.5. The number of hydrogen-bond donors (Lipinski definition) is 1. The van der Waals surface area contributed by atoms with Gasteiger partial charge in [0.15, 0.2) is 0 Å². The minimum absolute atomic E-state index is 0.199. The summed E-state index contributed by atoms with van der Waals surface area (Å²) in [6.07, 6.45) is 5.95. The second kappa shape index (κ2) is 9.17. The molecule has 2 heterocycles. The molecule has 1 aliphatic carbocycles. The van der Waals surface area contributed by atoms with Gasteiger partial charge < -0.3 is 4.74 Å². The molecule has 8 nitrogen and oxygen atoms in total. The molecule has 1 fully saturated rings. The smallest absolute Gasteiger partial charge is 0.267 e. The van der Waals surface area contributed by atoms with Gasteiger partial charge in [-0.05, 0) is 31.0 Å². The molecule has 9 heteroatoms. The summed E-state index contributed by atoms with van der Waals surface area (Å²) in [5, 5.41) is 16.8. The number of anilines is 1. The molecule has 3 aromatic rings. The van der Waals surface area contributed by atoms with Gasteiger partial charge in [0.2, 0.25) is 11.0 Å². The lowest BCUT2D eigenvalue weighted by molar-refractivity contribution is -0.117. The van der Waals surface area contributed by atoms with Crippen molar-refractivity contribution < 1.29 is 9.53 Å². The number of methoxy groups -OCH3 is 1. The molecule has 0 unspecified atom stereocenters. The van der Waals surface area contributed by atoms with Crippen LogP contribution in [0.1, 0.15) is 43.0 Å². The first-order chi connectivity index (χ1) is 14.6. The monoisotopic (exact) mass is 425 g/mol. The highest BCUT2D eigenvalue weighted by atomic mass is 32.1. The summed E-state index contributed by atoms with van der Waals surface area (Å²) in [7, 11) is 1.59. The van der Waals surface area contributed by atoms with Crippen LogP contribution in [0.4, 0.5) is 5.13 Å². The van der Waals surface area contributed by atoms with E-state index in [1.54, 1.807) is 13.2 Å². The predicted molar refractivity (Wildman–Crippen MR) is 115 cm³/mol. The van der Waals surface area contributed by atoms with Crippen LogP contribution in [0.2, 0.25) is 0 Å². The zero-order valence-corrected chi connectivity index (χ0v) is 17.5. The summed E-state index contributed by atoms with van der Waals surface area (Å²) >= 11 is 1.41. The van der Waals surface area contributed by atoms with E-state index in [-0.39, 0.29) is 18.0 Å². The lowest BCUT2D eigenvalue weighted by Crippen LogP contribution is -2.29. The molecule has 156 valence electrons. The minimum atomic E-state index is -0.362. The van der Waals surface area contributed by atoms with Crippen LogP contribution in [0, 0.1) is 0 Å². The topological polar surface area (TPSA) is 99.0 Å². The van der Waals surface area contributed by atoms with Crippen molar-refractivity contribution in [1.29, 1.82) is 0 Å². The molecule has 1 aliphatic rings. The molecule has 0 aliphatic heterocycles. The van der Waals surface area contributed by atoms with Crippen LogP contribution >= 0.6 is 11.3 Å². The third kappa shape index (κ3) is 4.73. The van der Waals surface area contributed by atoms with Gasteiger partial charge >= 0.3 is 0 Å². The van der Waals surface area contributed by atoms with Gasteiger partial charge in [0, 0.05) is 17.5 Å². The summed E-state index contributed by atoms with van der Waals surface area (Å²) in [6, 6.07) is 10.4. The normalized spacial score (nSPS) is 14.4. The van der Waals surface area contributed by atoms with Crippen molar-refractivity contribution in [3.05, 3.63) is 51.8 Å². The van der Waals surface area contributed by atoms with Crippen molar-refractivity contribution in [2.75, 3.05) is 12.4 Å². The van der Waals surface area contributed by atoms with Gasteiger partial charge in [-0.25, -0.2) is 4.68 Å². The van der Waals surface area contributed by atoms with Crippen molar-refractivity contribution in [3.8, 4) is 17.0 Å². The Morgan fingerprint density at radius 1 is 1.20 bits per heavy atom. The second-order valence-corrected chi connectivity index (χ2v) is 8.28. The number of rotatable bonds is 6. The average molecular weight is 426 g/mol. The molecular formula is C21H23N5O3S. The Morgan fingerprint density at radius 3 is 2.83 bits per heavy atom. The van der Waals surface area contributed by atoms with E-state index in [4.69, 9.17) is 4.74 Å². The van der Waals surface area contributed by atoms with Crippen LogP contribution in [-0.2, 0) is 11.3 Å². The summed E-state index contributed by atoms with van der Waals surface area (Å²) in [4.78, 5) is 24.7. The van der Waals surface area contributed by atoms with Gasteiger partial charge in [-0.2, -0.15) is 5.10 Å². The zero-order valence-electron chi connectivity index (χ0n) is 16.7. The third-order valence-corrected chi connectivity index (χ3v) is 6.17. The number of ether oxygens (including phenoxy) is 1. The number of carbonyl (C=O) groups excluding carboxylic acids is 1. The molecule has 1 N–H and O–H groups in total. The van der Waals surface area contributed by atoms with E-state index in [0.29, 0.717) is 22.5 Å². The van der Waals surface area contributed by atoms with Crippen molar-refractivity contribution in [2.45, 2.75) is 44.6 Å². The molecule has 0 radical (unpaired) electrons. The van der Waals surface area contributed by atoms with Crippen LogP contribution in [0.3, 0.4) is 0 Å². The molecule has 1 saturated carbocycles. The number of hydrogen-bond acceptors (Lipinski definition) is 7. The van der Waals surface area contributed by atoms with E-state index in [2.05, 4.69) is 20.6 Å². The fourth-order valence-electron chi connectivity index (χ4n) is 3.59. The second-order valence-electron chi connectivity index (χ2n) is 7.27. The van der Waals surface area contributed by atoms with Gasteiger partial charge in [-0.3, -0.25) is 14.9 Å². The molecule has 2 aromatic heterocycles. The minimum Gasteiger partial charge on any atom is -0.497 e. The standard InChI is InChI=1S/C21H23N5O3S/c1-29-16-9-5-8-15(12-16)17-10-11-19(28)26(25-17)13-18(27)22-21-24-23-20(30-21)14-6-3-2-4-7-14/h5,8-12,14H,2-4,6-7,13H2,1H3,(H,22,24,27). The summed E-state index contributed by atoms with van der Waals surface area (Å²) in [5.41, 5.74) is 1.03. The Labute approximate surface area is 177 Å². The molecule has 30 heavy (non-hydrogen) atoms. The van der Waals surface area contributed by atoms with Crippen molar-refractivity contribution >= 4 is 22.4 Å². The number of benzene rings is 1. The SMILES string of the molecule is COc1cccc(-c2ccc(=O)n(CC(=O)Nc3nnc(C4CCCCC4)s3)n2)c1. The molecule has 0 atom stereocenters. The first-order valence-corrected chi connectivity index (χ1v) is 10.8. The Hall–Kier alpha value is -3.07. The van der Waals surface area contributed by atoms with Gasteiger partial charge in [-0.1, -0.05) is 42.7 Å². The van der Waals surface area contributed by atoms with E-state index in [9.17, 15) is 9.59 Å². The molecule has 0 bridgehead atoms. The Kier molecular flexibility index (Phi) is 6.18. The lowest BCUT2D eigenvalue weighted by atomic mass is 9.90. The Bertz CT molecular complexity index is 1090. The van der Waals surface area contributed by atoms with E-state index in [1.165, 1.54) is 36.7 Å². The number of nitrogens with one attached hydrogen (secondary N) is 1. The molecule has 0 saturated heterocycles. The lowest BCUT2D eigenvalue weighted by Gasteiger charge is -2.18. The zero-order chi connectivity index (χ0) is 20.9. The molecular weight excluding hydrogens is 402 g/mol. The quantitative estimate of drug-likeness (QED) is 0.649. The summed E-state index contributed by atoms with van der Waals surface area (Å²) < 4.78 is 6.38. The number of carbonyl (C=O) groups is 1. The van der Waals surface area contributed by atoms with Crippen LogP contribution < -0.4 is 15.6 Å². The highest BCUT2D eigenvalue weighted by Crippen LogP contribution is 2.35. The van der Waals surface area contributed by atoms with E-state index >= 15 is 0 Å². The summed E-state index contributed by atoms with van der Waals surface area (Å²) in [5.74, 6) is 0.763. The number of aromatic nitrogens is 4. The van der Waals surface area contributed by atoms with Gasteiger partial charge in [0.05, 0.1) is 12.8 Å². The van der Waals surface area contributed by atoms with Gasteiger partial charge in [0.25, 0.3) is 5.56 Å². The van der Waals surface area contributed by atoms with Crippen molar-refractivity contribution in [2.24, 2.45) is 0 Å². The summed E-state index contributed by atoms with van der Waals surface area (Å²) in [6.45, 7) is -0.199. The van der Waals surface area contributed by atoms with Crippen LogP contribution in [0.15, 0.2) is 41.2 Å². The molecule has 0 spiro atoms. The third-order valence-electron chi connectivity index (χ3n) is 5.17. The van der Waals surface area contributed by atoms with Gasteiger partial charge in [-0.15, -0.1) is 10.2 Å². The fourth-order valence-corrected chi connectivity index (χ4v) is 4.52. The molecule has 1 amide bonds. The number of amides is 1. The highest BCUT2D eigenvalue weighted by molar-refractivity contribution is 7.15. The van der Waals surface area contributed by atoms with E-state index in [1.807, 2.05) is 24.3 Å². The predicted octanol–water partition coefficient (Wildman–Crippen LogP) is 3.46. The van der Waals surface area contributed by atoms with Crippen molar-refractivity contribution in [3.63, 3.8) is 0 Å². The van der Waals surface area contributed by atoms with Crippen LogP contribution in [-0.4, -0.2) is 33.0 Å². The maximum atomic E-state index is 12.5.